The lowest BCUT2D eigenvalue weighted by atomic mass is 10.0. The maximum absolute atomic E-state index is 13.2. The highest BCUT2D eigenvalue weighted by Gasteiger charge is 2.32. The Morgan fingerprint density at radius 2 is 2.21 bits per heavy atom. The highest BCUT2D eigenvalue weighted by atomic mass is 32.1. The van der Waals surface area contributed by atoms with Crippen LogP contribution in [0, 0.1) is 4.77 Å². The Bertz CT molecular complexity index is 1060. The Balaban J connectivity index is 1.60. The van der Waals surface area contributed by atoms with Crippen LogP contribution in [0.4, 0.5) is 0 Å². The topological polar surface area (TPSA) is 72.4 Å². The average molecular weight is 431 g/mol. The molecular weight excluding hydrogens is 408 g/mol. The van der Waals surface area contributed by atoms with Crippen LogP contribution in [0.5, 0.6) is 11.5 Å². The van der Waals surface area contributed by atoms with Crippen LogP contribution in [-0.4, -0.2) is 46.3 Å². The number of methoxy groups -OCH3 is 2. The number of nitrogens with one attached hydrogen (secondary N) is 1. The minimum atomic E-state index is -0.0328. The number of benzene rings is 1. The SMILES string of the molecule is COc1ccc(C2CCCN2C(=O)Cn2c(-c3cccs3)n[nH]c2=S)c(OC)c1. The number of rotatable bonds is 6. The third-order valence-corrected chi connectivity index (χ3v) is 6.34. The number of carbonyl (C=O) groups is 1. The van der Waals surface area contributed by atoms with E-state index in [0.29, 0.717) is 17.1 Å². The molecule has 0 bridgehead atoms. The minimum absolute atomic E-state index is 0.0145. The standard InChI is InChI=1S/C20H22N4O3S2/c1-26-13-7-8-14(16(11-13)27-2)15-5-3-9-23(15)18(25)12-24-19(21-22-20(24)28)17-6-4-10-29-17/h4,6-8,10-11,15H,3,5,9,12H2,1-2H3,(H,22,28). The number of carbonyl (C=O) groups excluding carboxylic acids is 1. The quantitative estimate of drug-likeness (QED) is 0.598. The number of aromatic nitrogens is 3. The Hall–Kier alpha value is -2.65. The lowest BCUT2D eigenvalue weighted by molar-refractivity contribution is -0.132. The van der Waals surface area contributed by atoms with E-state index in [1.165, 1.54) is 0 Å². The summed E-state index contributed by atoms with van der Waals surface area (Å²) in [6.45, 7) is 0.857. The molecular formula is C20H22N4O3S2. The fraction of sp³-hybridized carbons (Fsp3) is 0.350. The van der Waals surface area contributed by atoms with Gasteiger partial charge in [0.05, 0.1) is 25.1 Å². The highest BCUT2D eigenvalue weighted by molar-refractivity contribution is 7.71. The van der Waals surface area contributed by atoms with Crippen molar-refractivity contribution < 1.29 is 14.3 Å². The smallest absolute Gasteiger partial charge is 0.243 e. The molecule has 1 unspecified atom stereocenters. The van der Waals surface area contributed by atoms with E-state index in [-0.39, 0.29) is 18.5 Å². The first-order valence-corrected chi connectivity index (χ1v) is 10.6. The molecule has 0 radical (unpaired) electrons. The molecule has 1 N–H and O–H groups in total. The van der Waals surface area contributed by atoms with Gasteiger partial charge in [-0.05, 0) is 48.6 Å². The molecule has 7 nitrogen and oxygen atoms in total. The number of ether oxygens (including phenoxy) is 2. The van der Waals surface area contributed by atoms with Gasteiger partial charge in [0.1, 0.15) is 18.0 Å². The van der Waals surface area contributed by atoms with E-state index in [1.807, 2.05) is 40.6 Å². The van der Waals surface area contributed by atoms with Crippen LogP contribution in [0.3, 0.4) is 0 Å². The summed E-state index contributed by atoms with van der Waals surface area (Å²) in [7, 11) is 3.26. The number of thiophene rings is 1. The monoisotopic (exact) mass is 430 g/mol. The number of likely N-dealkylation sites (tertiary alicyclic amines) is 1. The van der Waals surface area contributed by atoms with Crippen molar-refractivity contribution in [2.75, 3.05) is 20.8 Å². The van der Waals surface area contributed by atoms with E-state index in [0.717, 1.165) is 34.8 Å². The van der Waals surface area contributed by atoms with Gasteiger partial charge in [-0.3, -0.25) is 14.5 Å². The van der Waals surface area contributed by atoms with Crippen LogP contribution in [0.25, 0.3) is 10.7 Å². The third-order valence-electron chi connectivity index (χ3n) is 5.17. The zero-order valence-corrected chi connectivity index (χ0v) is 17.9. The van der Waals surface area contributed by atoms with Crippen LogP contribution in [0.2, 0.25) is 0 Å². The zero-order chi connectivity index (χ0) is 20.4. The second kappa shape index (κ2) is 8.38. The summed E-state index contributed by atoms with van der Waals surface area (Å²) >= 11 is 6.94. The van der Waals surface area contributed by atoms with Gasteiger partial charge in [-0.15, -0.1) is 11.3 Å². The Labute approximate surface area is 177 Å². The molecule has 9 heteroatoms. The average Bonchev–Trinajstić information content (AvgIpc) is 3.49. The van der Waals surface area contributed by atoms with Gasteiger partial charge in [0.15, 0.2) is 10.6 Å². The van der Waals surface area contributed by atoms with Crippen molar-refractivity contribution in [2.24, 2.45) is 0 Å². The molecule has 1 saturated heterocycles. The molecule has 0 spiro atoms. The second-order valence-electron chi connectivity index (χ2n) is 6.77. The Morgan fingerprint density at radius 1 is 1.34 bits per heavy atom. The molecule has 2 aromatic heterocycles. The first-order chi connectivity index (χ1) is 14.1. The van der Waals surface area contributed by atoms with Crippen LogP contribution in [0.1, 0.15) is 24.4 Å². The summed E-state index contributed by atoms with van der Waals surface area (Å²) in [5.74, 6) is 2.16. The van der Waals surface area contributed by atoms with Gasteiger partial charge in [0, 0.05) is 18.2 Å². The van der Waals surface area contributed by atoms with Crippen molar-refractivity contribution in [3.8, 4) is 22.2 Å². The van der Waals surface area contributed by atoms with Gasteiger partial charge in [0.2, 0.25) is 5.91 Å². The number of nitrogens with zero attached hydrogens (tertiary/aromatic N) is 3. The molecule has 3 aromatic rings. The van der Waals surface area contributed by atoms with Crippen LogP contribution < -0.4 is 9.47 Å². The van der Waals surface area contributed by atoms with Crippen molar-refractivity contribution in [1.82, 2.24) is 19.7 Å². The number of hydrogen-bond donors (Lipinski definition) is 1. The van der Waals surface area contributed by atoms with Gasteiger partial charge in [-0.25, -0.2) is 0 Å². The third kappa shape index (κ3) is 3.79. The largest absolute Gasteiger partial charge is 0.497 e. The highest BCUT2D eigenvalue weighted by Crippen LogP contribution is 2.39. The molecule has 0 aliphatic carbocycles. The zero-order valence-electron chi connectivity index (χ0n) is 16.3. The molecule has 29 heavy (non-hydrogen) atoms. The van der Waals surface area contributed by atoms with E-state index in [2.05, 4.69) is 10.2 Å². The van der Waals surface area contributed by atoms with Crippen LogP contribution in [0.15, 0.2) is 35.7 Å². The van der Waals surface area contributed by atoms with Gasteiger partial charge in [0.25, 0.3) is 0 Å². The predicted octanol–water partition coefficient (Wildman–Crippen LogP) is 4.05. The lowest BCUT2D eigenvalue weighted by Gasteiger charge is -2.27. The molecule has 152 valence electrons. The first kappa shape index (κ1) is 19.7. The van der Waals surface area contributed by atoms with Crippen molar-refractivity contribution in [2.45, 2.75) is 25.4 Å². The first-order valence-electron chi connectivity index (χ1n) is 9.33. The molecule has 3 heterocycles. The minimum Gasteiger partial charge on any atom is -0.497 e. The fourth-order valence-corrected chi connectivity index (χ4v) is 4.69. The maximum Gasteiger partial charge on any atom is 0.243 e. The summed E-state index contributed by atoms with van der Waals surface area (Å²) in [6.07, 6.45) is 1.84. The fourth-order valence-electron chi connectivity index (χ4n) is 3.77. The van der Waals surface area contributed by atoms with E-state index < -0.39 is 0 Å². The number of hydrogen-bond acceptors (Lipinski definition) is 6. The van der Waals surface area contributed by atoms with E-state index >= 15 is 0 Å². The molecule has 1 aromatic carbocycles. The molecule has 1 aliphatic rings. The summed E-state index contributed by atoms with van der Waals surface area (Å²) < 4.78 is 13.1. The van der Waals surface area contributed by atoms with Gasteiger partial charge >= 0.3 is 0 Å². The summed E-state index contributed by atoms with van der Waals surface area (Å²) in [5.41, 5.74) is 0.994. The number of H-pyrrole nitrogens is 1. The van der Waals surface area contributed by atoms with Crippen LogP contribution >= 0.6 is 23.6 Å². The van der Waals surface area contributed by atoms with Gasteiger partial charge in [-0.1, -0.05) is 6.07 Å². The van der Waals surface area contributed by atoms with Crippen molar-refractivity contribution in [3.05, 3.63) is 46.0 Å². The second-order valence-corrected chi connectivity index (χ2v) is 8.10. The van der Waals surface area contributed by atoms with E-state index in [4.69, 9.17) is 21.7 Å². The molecule has 1 atom stereocenters. The summed E-state index contributed by atoms with van der Waals surface area (Å²) in [6, 6.07) is 9.63. The molecule has 4 rings (SSSR count). The van der Waals surface area contributed by atoms with Gasteiger partial charge in [-0.2, -0.15) is 5.10 Å². The maximum atomic E-state index is 13.2. The predicted molar refractivity (Wildman–Crippen MR) is 114 cm³/mol. The molecule has 1 aliphatic heterocycles. The molecule has 1 fully saturated rings. The van der Waals surface area contributed by atoms with E-state index in [9.17, 15) is 4.79 Å². The Morgan fingerprint density at radius 3 is 2.93 bits per heavy atom. The molecule has 0 saturated carbocycles. The van der Waals surface area contributed by atoms with Crippen molar-refractivity contribution >= 4 is 29.5 Å². The summed E-state index contributed by atoms with van der Waals surface area (Å²) in [5, 5.41) is 9.10. The lowest BCUT2D eigenvalue weighted by Crippen LogP contribution is -2.33. The molecule has 1 amide bonds. The van der Waals surface area contributed by atoms with E-state index in [1.54, 1.807) is 30.1 Å². The van der Waals surface area contributed by atoms with Crippen molar-refractivity contribution in [3.63, 3.8) is 0 Å². The number of amides is 1. The van der Waals surface area contributed by atoms with Crippen LogP contribution in [-0.2, 0) is 11.3 Å². The normalized spacial score (nSPS) is 16.2. The summed E-state index contributed by atoms with van der Waals surface area (Å²) in [4.78, 5) is 16.1. The number of aromatic amines is 1. The Kier molecular flexibility index (Phi) is 5.68. The van der Waals surface area contributed by atoms with Gasteiger partial charge < -0.3 is 14.4 Å². The van der Waals surface area contributed by atoms with Crippen molar-refractivity contribution in [1.29, 1.82) is 0 Å².